The summed E-state index contributed by atoms with van der Waals surface area (Å²) in [6.45, 7) is 0.826. The van der Waals surface area contributed by atoms with E-state index in [1.54, 1.807) is 12.1 Å². The Kier molecular flexibility index (Phi) is 5.19. The number of rotatable bonds is 5. The lowest BCUT2D eigenvalue weighted by Crippen LogP contribution is -2.32. The molecule has 160 valence electrons. The van der Waals surface area contributed by atoms with Crippen LogP contribution in [0.15, 0.2) is 72.8 Å². The Morgan fingerprint density at radius 3 is 2.53 bits per heavy atom. The van der Waals surface area contributed by atoms with Crippen molar-refractivity contribution in [2.24, 2.45) is 0 Å². The SMILES string of the molecule is O=C(NC1CCOc2ccccc21)c1ccc2c(c1)C(=O)N(CCc1ccccc1)C2=O. The Labute approximate surface area is 185 Å². The van der Waals surface area contributed by atoms with Crippen LogP contribution in [-0.4, -0.2) is 35.8 Å². The van der Waals surface area contributed by atoms with Gasteiger partial charge in [0.05, 0.1) is 23.8 Å². The van der Waals surface area contributed by atoms with Crippen molar-refractivity contribution >= 4 is 17.7 Å². The van der Waals surface area contributed by atoms with Crippen LogP contribution in [0.25, 0.3) is 0 Å². The van der Waals surface area contributed by atoms with E-state index in [1.807, 2.05) is 54.6 Å². The summed E-state index contributed by atoms with van der Waals surface area (Å²) in [5.41, 5.74) is 2.98. The monoisotopic (exact) mass is 426 g/mol. The first-order valence-electron chi connectivity index (χ1n) is 10.7. The maximum absolute atomic E-state index is 12.9. The number of nitrogens with one attached hydrogen (secondary N) is 1. The summed E-state index contributed by atoms with van der Waals surface area (Å²) in [7, 11) is 0. The second-order valence-corrected chi connectivity index (χ2v) is 7.96. The fourth-order valence-electron chi connectivity index (χ4n) is 4.25. The quantitative estimate of drug-likeness (QED) is 0.630. The molecule has 32 heavy (non-hydrogen) atoms. The second-order valence-electron chi connectivity index (χ2n) is 7.96. The number of imide groups is 1. The van der Waals surface area contributed by atoms with E-state index in [4.69, 9.17) is 4.74 Å². The lowest BCUT2D eigenvalue weighted by Gasteiger charge is -2.26. The molecule has 2 aliphatic rings. The minimum absolute atomic E-state index is 0.166. The van der Waals surface area contributed by atoms with E-state index < -0.39 is 0 Å². The molecule has 1 atom stereocenters. The highest BCUT2D eigenvalue weighted by Gasteiger charge is 2.36. The maximum Gasteiger partial charge on any atom is 0.261 e. The normalized spacial score (nSPS) is 16.9. The molecule has 0 saturated heterocycles. The fourth-order valence-corrected chi connectivity index (χ4v) is 4.25. The Morgan fingerprint density at radius 1 is 0.938 bits per heavy atom. The molecule has 1 N–H and O–H groups in total. The summed E-state index contributed by atoms with van der Waals surface area (Å²) in [5.74, 6) is -0.177. The number of carbonyl (C=O) groups is 3. The zero-order chi connectivity index (χ0) is 22.1. The van der Waals surface area contributed by atoms with E-state index in [-0.39, 0.29) is 29.3 Å². The molecule has 0 spiro atoms. The molecule has 2 aliphatic heterocycles. The van der Waals surface area contributed by atoms with Gasteiger partial charge in [-0.2, -0.15) is 0 Å². The Hall–Kier alpha value is -3.93. The van der Waals surface area contributed by atoms with Crippen LogP contribution in [0.5, 0.6) is 5.75 Å². The predicted molar refractivity (Wildman–Crippen MR) is 119 cm³/mol. The molecule has 0 saturated carbocycles. The molecule has 3 aromatic carbocycles. The summed E-state index contributed by atoms with van der Waals surface area (Å²) >= 11 is 0. The number of hydrogen-bond acceptors (Lipinski definition) is 4. The molecular weight excluding hydrogens is 404 g/mol. The smallest absolute Gasteiger partial charge is 0.261 e. The van der Waals surface area contributed by atoms with Crippen LogP contribution in [-0.2, 0) is 6.42 Å². The highest BCUT2D eigenvalue weighted by molar-refractivity contribution is 6.22. The van der Waals surface area contributed by atoms with E-state index >= 15 is 0 Å². The van der Waals surface area contributed by atoms with Gasteiger partial charge in [0, 0.05) is 24.1 Å². The van der Waals surface area contributed by atoms with Gasteiger partial charge in [-0.3, -0.25) is 19.3 Å². The lowest BCUT2D eigenvalue weighted by atomic mass is 9.99. The number of benzene rings is 3. The molecule has 3 amide bonds. The van der Waals surface area contributed by atoms with Crippen molar-refractivity contribution in [3.8, 4) is 5.75 Å². The number of carbonyl (C=O) groups excluding carboxylic acids is 3. The Bertz CT molecular complexity index is 1210. The number of amides is 3. The van der Waals surface area contributed by atoms with Crippen LogP contribution in [0, 0.1) is 0 Å². The molecule has 3 aromatic rings. The average Bonchev–Trinajstić information content (AvgIpc) is 3.07. The zero-order valence-electron chi connectivity index (χ0n) is 17.4. The third-order valence-corrected chi connectivity index (χ3v) is 5.96. The van der Waals surface area contributed by atoms with Crippen LogP contribution < -0.4 is 10.1 Å². The van der Waals surface area contributed by atoms with E-state index in [2.05, 4.69) is 5.32 Å². The molecule has 0 aliphatic carbocycles. The average molecular weight is 426 g/mol. The number of nitrogens with zero attached hydrogens (tertiary/aromatic N) is 1. The maximum atomic E-state index is 12.9. The topological polar surface area (TPSA) is 75.7 Å². The first kappa shape index (κ1) is 20.0. The number of ether oxygens (including phenoxy) is 1. The first-order valence-corrected chi connectivity index (χ1v) is 10.7. The van der Waals surface area contributed by atoms with Crippen molar-refractivity contribution in [2.75, 3.05) is 13.2 Å². The van der Waals surface area contributed by atoms with Gasteiger partial charge in [0.1, 0.15) is 5.75 Å². The summed E-state index contributed by atoms with van der Waals surface area (Å²) in [5, 5.41) is 3.04. The van der Waals surface area contributed by atoms with E-state index in [0.29, 0.717) is 37.1 Å². The van der Waals surface area contributed by atoms with E-state index in [9.17, 15) is 14.4 Å². The van der Waals surface area contributed by atoms with Crippen molar-refractivity contribution in [3.05, 3.63) is 101 Å². The lowest BCUT2D eigenvalue weighted by molar-refractivity contribution is 0.0656. The summed E-state index contributed by atoms with van der Waals surface area (Å²) in [4.78, 5) is 39.9. The number of hydrogen-bond donors (Lipinski definition) is 1. The molecule has 0 bridgehead atoms. The zero-order valence-corrected chi connectivity index (χ0v) is 17.4. The predicted octanol–water partition coefficient (Wildman–Crippen LogP) is 3.78. The Balaban J connectivity index is 1.32. The van der Waals surface area contributed by atoms with Crippen LogP contribution in [0.4, 0.5) is 0 Å². The molecule has 0 aromatic heterocycles. The molecule has 6 heteroatoms. The third-order valence-electron chi connectivity index (χ3n) is 5.96. The van der Waals surface area contributed by atoms with Gasteiger partial charge >= 0.3 is 0 Å². The number of para-hydroxylation sites is 1. The van der Waals surface area contributed by atoms with Gasteiger partial charge in [-0.05, 0) is 36.2 Å². The molecule has 5 rings (SSSR count). The van der Waals surface area contributed by atoms with Crippen molar-refractivity contribution in [1.29, 1.82) is 0 Å². The van der Waals surface area contributed by atoms with Crippen molar-refractivity contribution in [3.63, 3.8) is 0 Å². The third kappa shape index (κ3) is 3.64. The molecule has 0 radical (unpaired) electrons. The van der Waals surface area contributed by atoms with E-state index in [1.165, 1.54) is 11.0 Å². The van der Waals surface area contributed by atoms with Crippen molar-refractivity contribution < 1.29 is 19.1 Å². The van der Waals surface area contributed by atoms with E-state index in [0.717, 1.165) is 16.9 Å². The van der Waals surface area contributed by atoms with Gasteiger partial charge in [-0.15, -0.1) is 0 Å². The minimum Gasteiger partial charge on any atom is -0.493 e. The molecular formula is C26H22N2O4. The van der Waals surface area contributed by atoms with Gasteiger partial charge in [0.15, 0.2) is 0 Å². The van der Waals surface area contributed by atoms with Gasteiger partial charge in [0.25, 0.3) is 17.7 Å². The standard InChI is InChI=1S/C26H22N2O4/c29-24(27-22-13-15-32-23-9-5-4-8-20(22)23)18-10-11-19-21(16-18)26(31)28(25(19)30)14-12-17-6-2-1-3-7-17/h1-11,16,22H,12-15H2,(H,27,29). The van der Waals surface area contributed by atoms with Gasteiger partial charge < -0.3 is 10.1 Å². The summed E-state index contributed by atoms with van der Waals surface area (Å²) in [6.07, 6.45) is 1.25. The molecule has 0 fully saturated rings. The van der Waals surface area contributed by atoms with Crippen LogP contribution in [0.2, 0.25) is 0 Å². The Morgan fingerprint density at radius 2 is 1.69 bits per heavy atom. The fraction of sp³-hybridized carbons (Fsp3) is 0.192. The summed E-state index contributed by atoms with van der Waals surface area (Å²) < 4.78 is 5.66. The molecule has 1 unspecified atom stereocenters. The van der Waals surface area contributed by atoms with Gasteiger partial charge in [0.2, 0.25) is 0 Å². The van der Waals surface area contributed by atoms with Gasteiger partial charge in [-0.25, -0.2) is 0 Å². The van der Waals surface area contributed by atoms with Crippen LogP contribution in [0.3, 0.4) is 0 Å². The number of fused-ring (bicyclic) bond motifs is 2. The highest BCUT2D eigenvalue weighted by Crippen LogP contribution is 2.32. The van der Waals surface area contributed by atoms with Crippen LogP contribution >= 0.6 is 0 Å². The second kappa shape index (κ2) is 8.30. The first-order chi connectivity index (χ1) is 15.6. The van der Waals surface area contributed by atoms with Crippen molar-refractivity contribution in [1.82, 2.24) is 10.2 Å². The molecule has 6 nitrogen and oxygen atoms in total. The van der Waals surface area contributed by atoms with Crippen molar-refractivity contribution in [2.45, 2.75) is 18.9 Å². The van der Waals surface area contributed by atoms with Gasteiger partial charge in [-0.1, -0.05) is 48.5 Å². The molecule has 2 heterocycles. The summed E-state index contributed by atoms with van der Waals surface area (Å²) in [6, 6.07) is 21.9. The highest BCUT2D eigenvalue weighted by atomic mass is 16.5. The largest absolute Gasteiger partial charge is 0.493 e. The minimum atomic E-state index is -0.355. The van der Waals surface area contributed by atoms with Crippen LogP contribution in [0.1, 0.15) is 54.7 Å².